The average Bonchev–Trinajstić information content (AvgIpc) is 2.70. The molecule has 6 heteroatoms. The van der Waals surface area contributed by atoms with Crippen LogP contribution in [0.5, 0.6) is 0 Å². The molecule has 1 fully saturated rings. The fourth-order valence-corrected chi connectivity index (χ4v) is 2.50. The number of amides is 1. The summed E-state index contributed by atoms with van der Waals surface area (Å²) in [5.74, 6) is -0.164. The van der Waals surface area contributed by atoms with Crippen molar-refractivity contribution in [1.82, 2.24) is 0 Å². The van der Waals surface area contributed by atoms with E-state index in [-0.39, 0.29) is 22.4 Å². The van der Waals surface area contributed by atoms with Gasteiger partial charge in [0.05, 0.1) is 10.6 Å². The second kappa shape index (κ2) is 5.20. The number of carbonyl (C=O) groups excluding carboxylic acids is 1. The number of benzene rings is 1. The lowest BCUT2D eigenvalue weighted by atomic mass is 10.1. The third-order valence-electron chi connectivity index (χ3n) is 2.96. The quantitative estimate of drug-likeness (QED) is 0.838. The molecule has 1 aromatic carbocycles. The molecule has 2 rings (SSSR count). The van der Waals surface area contributed by atoms with E-state index in [1.54, 1.807) is 11.0 Å². The van der Waals surface area contributed by atoms with Gasteiger partial charge in [0.15, 0.2) is 0 Å². The van der Waals surface area contributed by atoms with Gasteiger partial charge in [-0.1, -0.05) is 11.6 Å². The van der Waals surface area contributed by atoms with E-state index in [0.717, 1.165) is 0 Å². The van der Waals surface area contributed by atoms with E-state index in [9.17, 15) is 9.59 Å². The molecule has 0 saturated carbocycles. The second-order valence-electron chi connectivity index (χ2n) is 4.23. The number of rotatable bonds is 3. The van der Waals surface area contributed by atoms with Crippen molar-refractivity contribution in [2.45, 2.75) is 6.42 Å². The summed E-state index contributed by atoms with van der Waals surface area (Å²) in [4.78, 5) is 24.3. The minimum atomic E-state index is -1.08. The molecule has 1 aliphatic rings. The molecular formula is C12H12ClNO3S. The molecule has 1 N–H and O–H groups in total. The molecular weight excluding hydrogens is 274 g/mol. The first-order valence-electron chi connectivity index (χ1n) is 5.47. The fourth-order valence-electron chi connectivity index (χ4n) is 2.00. The van der Waals surface area contributed by atoms with Gasteiger partial charge >= 0.3 is 5.97 Å². The smallest absolute Gasteiger partial charge is 0.337 e. The van der Waals surface area contributed by atoms with Crippen LogP contribution in [0.2, 0.25) is 5.02 Å². The number of carboxylic acid groups (broad SMARTS) is 1. The zero-order valence-corrected chi connectivity index (χ0v) is 11.1. The Bertz CT molecular complexity index is 506. The number of halogens is 1. The largest absolute Gasteiger partial charge is 0.478 e. The molecule has 0 spiro atoms. The maximum absolute atomic E-state index is 11.8. The summed E-state index contributed by atoms with van der Waals surface area (Å²) in [6.07, 6.45) is 0.474. The summed E-state index contributed by atoms with van der Waals surface area (Å²) in [6, 6.07) is 4.54. The zero-order valence-electron chi connectivity index (χ0n) is 9.47. The van der Waals surface area contributed by atoms with Crippen molar-refractivity contribution >= 4 is 41.8 Å². The molecule has 4 nitrogen and oxygen atoms in total. The third-order valence-corrected chi connectivity index (χ3v) is 3.79. The average molecular weight is 286 g/mol. The molecule has 1 aromatic rings. The maximum atomic E-state index is 11.8. The lowest BCUT2D eigenvalue weighted by Gasteiger charge is -2.17. The van der Waals surface area contributed by atoms with Crippen LogP contribution in [0.3, 0.4) is 0 Å². The Balaban J connectivity index is 2.27. The van der Waals surface area contributed by atoms with Crippen LogP contribution in [0.4, 0.5) is 5.69 Å². The number of hydrogen-bond acceptors (Lipinski definition) is 3. The molecule has 0 aliphatic carbocycles. The molecule has 1 atom stereocenters. The SMILES string of the molecule is O=C(O)c1ccc(N2CC(CS)CC2=O)cc1Cl. The molecule has 0 radical (unpaired) electrons. The van der Waals surface area contributed by atoms with Crippen LogP contribution in [-0.4, -0.2) is 29.3 Å². The Morgan fingerprint density at radius 1 is 1.56 bits per heavy atom. The van der Waals surface area contributed by atoms with E-state index in [1.165, 1.54) is 12.1 Å². The van der Waals surface area contributed by atoms with Crippen LogP contribution in [0.15, 0.2) is 18.2 Å². The van der Waals surface area contributed by atoms with E-state index in [2.05, 4.69) is 12.6 Å². The van der Waals surface area contributed by atoms with E-state index in [1.807, 2.05) is 0 Å². The van der Waals surface area contributed by atoms with E-state index in [4.69, 9.17) is 16.7 Å². The van der Waals surface area contributed by atoms with Gasteiger partial charge in [-0.05, 0) is 29.9 Å². The predicted octanol–water partition coefficient (Wildman–Crippen LogP) is 2.32. The van der Waals surface area contributed by atoms with E-state index in [0.29, 0.717) is 24.4 Å². The lowest BCUT2D eigenvalue weighted by Crippen LogP contribution is -2.24. The Labute approximate surface area is 115 Å². The molecule has 96 valence electrons. The molecule has 1 heterocycles. The number of aromatic carboxylic acids is 1. The number of anilines is 1. The summed E-state index contributed by atoms with van der Waals surface area (Å²) in [5, 5.41) is 9.02. The van der Waals surface area contributed by atoms with Gasteiger partial charge in [-0.25, -0.2) is 4.79 Å². The Kier molecular flexibility index (Phi) is 3.82. The first kappa shape index (κ1) is 13.2. The Morgan fingerprint density at radius 2 is 2.28 bits per heavy atom. The van der Waals surface area contributed by atoms with Crippen molar-refractivity contribution in [3.05, 3.63) is 28.8 Å². The maximum Gasteiger partial charge on any atom is 0.337 e. The minimum Gasteiger partial charge on any atom is -0.478 e. The summed E-state index contributed by atoms with van der Waals surface area (Å²) < 4.78 is 0. The fraction of sp³-hybridized carbons (Fsp3) is 0.333. The molecule has 0 aromatic heterocycles. The summed E-state index contributed by atoms with van der Waals surface area (Å²) >= 11 is 10.1. The topological polar surface area (TPSA) is 57.6 Å². The summed E-state index contributed by atoms with van der Waals surface area (Å²) in [5.41, 5.74) is 0.678. The zero-order chi connectivity index (χ0) is 13.3. The van der Waals surface area contributed by atoms with Crippen molar-refractivity contribution in [2.24, 2.45) is 5.92 Å². The van der Waals surface area contributed by atoms with Gasteiger partial charge < -0.3 is 10.0 Å². The highest BCUT2D eigenvalue weighted by Crippen LogP contribution is 2.29. The van der Waals surface area contributed by atoms with Crippen molar-refractivity contribution in [2.75, 3.05) is 17.2 Å². The van der Waals surface area contributed by atoms with Crippen LogP contribution < -0.4 is 4.90 Å². The van der Waals surface area contributed by atoms with Crippen LogP contribution >= 0.6 is 24.2 Å². The van der Waals surface area contributed by atoms with Gasteiger partial charge in [-0.3, -0.25) is 4.79 Å². The van der Waals surface area contributed by atoms with Gasteiger partial charge in [-0.15, -0.1) is 0 Å². The van der Waals surface area contributed by atoms with Gasteiger partial charge in [0, 0.05) is 18.7 Å². The molecule has 1 saturated heterocycles. The number of carboxylic acids is 1. The van der Waals surface area contributed by atoms with Crippen LogP contribution in [0.25, 0.3) is 0 Å². The first-order chi connectivity index (χ1) is 8.52. The predicted molar refractivity (Wildman–Crippen MR) is 72.7 cm³/mol. The standard InChI is InChI=1S/C12H12ClNO3S/c13-10-4-8(1-2-9(10)12(16)17)14-5-7(6-18)3-11(14)15/h1-2,4,7,18H,3,5-6H2,(H,16,17). The summed E-state index contributed by atoms with van der Waals surface area (Å²) in [6.45, 7) is 0.602. The molecule has 1 aliphatic heterocycles. The van der Waals surface area contributed by atoms with Gasteiger partial charge in [0.1, 0.15) is 0 Å². The molecule has 18 heavy (non-hydrogen) atoms. The van der Waals surface area contributed by atoms with E-state index >= 15 is 0 Å². The van der Waals surface area contributed by atoms with Gasteiger partial charge in [0.2, 0.25) is 5.91 Å². The molecule has 0 bridgehead atoms. The molecule has 1 amide bonds. The van der Waals surface area contributed by atoms with Crippen molar-refractivity contribution in [1.29, 1.82) is 0 Å². The minimum absolute atomic E-state index is 0.0215. The number of thiol groups is 1. The third kappa shape index (κ3) is 2.47. The monoisotopic (exact) mass is 285 g/mol. The Morgan fingerprint density at radius 3 is 2.78 bits per heavy atom. The van der Waals surface area contributed by atoms with Crippen LogP contribution in [0.1, 0.15) is 16.8 Å². The number of carbonyl (C=O) groups is 2. The van der Waals surface area contributed by atoms with E-state index < -0.39 is 5.97 Å². The normalized spacial score (nSPS) is 19.3. The van der Waals surface area contributed by atoms with Gasteiger partial charge in [0.25, 0.3) is 0 Å². The second-order valence-corrected chi connectivity index (χ2v) is 5.00. The van der Waals surface area contributed by atoms with Crippen LogP contribution in [-0.2, 0) is 4.79 Å². The summed E-state index contributed by atoms with van der Waals surface area (Å²) in [7, 11) is 0. The highest BCUT2D eigenvalue weighted by atomic mass is 35.5. The first-order valence-corrected chi connectivity index (χ1v) is 6.48. The van der Waals surface area contributed by atoms with Crippen molar-refractivity contribution < 1.29 is 14.7 Å². The number of nitrogens with zero attached hydrogens (tertiary/aromatic N) is 1. The van der Waals surface area contributed by atoms with Crippen LogP contribution in [0, 0.1) is 5.92 Å². The highest BCUT2D eigenvalue weighted by molar-refractivity contribution is 7.80. The van der Waals surface area contributed by atoms with Crippen molar-refractivity contribution in [3.8, 4) is 0 Å². The van der Waals surface area contributed by atoms with Crippen molar-refractivity contribution in [3.63, 3.8) is 0 Å². The highest BCUT2D eigenvalue weighted by Gasteiger charge is 2.30. The lowest BCUT2D eigenvalue weighted by molar-refractivity contribution is -0.117. The molecule has 1 unspecified atom stereocenters. The Hall–Kier alpha value is -1.20. The van der Waals surface area contributed by atoms with Gasteiger partial charge in [-0.2, -0.15) is 12.6 Å². The number of hydrogen-bond donors (Lipinski definition) is 2.